The molecule has 1 aromatic carbocycles. The average molecular weight is 271 g/mol. The maximum atomic E-state index is 4.61. The zero-order valence-electron chi connectivity index (χ0n) is 13.0. The second-order valence-corrected chi connectivity index (χ2v) is 5.61. The highest BCUT2D eigenvalue weighted by atomic mass is 15.2. The smallest absolute Gasteiger partial charge is 0.0702 e. The van der Waals surface area contributed by atoms with Gasteiger partial charge in [0, 0.05) is 31.4 Å². The van der Waals surface area contributed by atoms with E-state index in [0.29, 0.717) is 6.04 Å². The van der Waals surface area contributed by atoms with E-state index in [-0.39, 0.29) is 0 Å². The van der Waals surface area contributed by atoms with E-state index in [1.807, 2.05) is 11.7 Å². The van der Waals surface area contributed by atoms with Crippen LogP contribution in [0.5, 0.6) is 0 Å². The summed E-state index contributed by atoms with van der Waals surface area (Å²) in [7, 11) is 2.00. The van der Waals surface area contributed by atoms with Gasteiger partial charge in [0.15, 0.2) is 0 Å². The van der Waals surface area contributed by atoms with Gasteiger partial charge in [-0.25, -0.2) is 0 Å². The number of aromatic nitrogens is 2. The van der Waals surface area contributed by atoms with E-state index in [0.717, 1.165) is 19.4 Å². The fourth-order valence-electron chi connectivity index (χ4n) is 2.43. The summed E-state index contributed by atoms with van der Waals surface area (Å²) in [6.07, 6.45) is 4.29. The van der Waals surface area contributed by atoms with Crippen molar-refractivity contribution < 1.29 is 0 Å². The van der Waals surface area contributed by atoms with Gasteiger partial charge in [0.1, 0.15) is 0 Å². The minimum absolute atomic E-state index is 0.493. The quantitative estimate of drug-likeness (QED) is 0.871. The predicted octanol–water partition coefficient (Wildman–Crippen LogP) is 3.54. The van der Waals surface area contributed by atoms with Crippen LogP contribution in [0.4, 0.5) is 0 Å². The van der Waals surface area contributed by atoms with Crippen molar-refractivity contribution in [1.82, 2.24) is 15.1 Å². The fraction of sp³-hybridized carbons (Fsp3) is 0.471. The molecule has 0 saturated carbocycles. The second-order valence-electron chi connectivity index (χ2n) is 5.61. The third-order valence-electron chi connectivity index (χ3n) is 3.40. The Morgan fingerprint density at radius 2 is 1.95 bits per heavy atom. The molecule has 0 amide bonds. The summed E-state index contributed by atoms with van der Waals surface area (Å²) in [5.41, 5.74) is 5.12. The Hall–Kier alpha value is -1.61. The van der Waals surface area contributed by atoms with Gasteiger partial charge < -0.3 is 5.32 Å². The summed E-state index contributed by atoms with van der Waals surface area (Å²) in [6.45, 7) is 7.45. The first kappa shape index (κ1) is 14.8. The van der Waals surface area contributed by atoms with Crippen LogP contribution in [-0.2, 0) is 20.0 Å². The van der Waals surface area contributed by atoms with Crippen molar-refractivity contribution in [2.45, 2.75) is 46.2 Å². The maximum Gasteiger partial charge on any atom is 0.0702 e. The summed E-state index contributed by atoms with van der Waals surface area (Å²) in [5, 5.41) is 8.11. The number of aryl methyl sites for hydroxylation is 2. The SMILES string of the molecule is CCCc1nn(C)cc1-c1ccccc1CNC(C)C. The average Bonchev–Trinajstić information content (AvgIpc) is 2.78. The highest BCUT2D eigenvalue weighted by molar-refractivity contribution is 5.69. The first-order valence-corrected chi connectivity index (χ1v) is 7.46. The van der Waals surface area contributed by atoms with Crippen LogP contribution in [-0.4, -0.2) is 15.8 Å². The Morgan fingerprint density at radius 1 is 1.20 bits per heavy atom. The first-order chi connectivity index (χ1) is 9.61. The van der Waals surface area contributed by atoms with E-state index in [2.05, 4.69) is 61.6 Å². The zero-order valence-corrected chi connectivity index (χ0v) is 13.0. The van der Waals surface area contributed by atoms with Gasteiger partial charge in [-0.1, -0.05) is 51.5 Å². The van der Waals surface area contributed by atoms with Crippen molar-refractivity contribution in [3.63, 3.8) is 0 Å². The van der Waals surface area contributed by atoms with Crippen LogP contribution in [0.1, 0.15) is 38.4 Å². The standard InChI is InChI=1S/C17H25N3/c1-5-8-17-16(12-20(4)19-17)15-10-7-6-9-14(15)11-18-13(2)3/h6-7,9-10,12-13,18H,5,8,11H2,1-4H3. The summed E-state index contributed by atoms with van der Waals surface area (Å²) >= 11 is 0. The maximum absolute atomic E-state index is 4.61. The number of rotatable bonds is 6. The molecule has 1 aromatic heterocycles. The third kappa shape index (κ3) is 3.48. The van der Waals surface area contributed by atoms with Crippen LogP contribution >= 0.6 is 0 Å². The lowest BCUT2D eigenvalue weighted by molar-refractivity contribution is 0.589. The van der Waals surface area contributed by atoms with E-state index >= 15 is 0 Å². The highest BCUT2D eigenvalue weighted by Crippen LogP contribution is 2.27. The van der Waals surface area contributed by atoms with Crippen LogP contribution in [0.3, 0.4) is 0 Å². The van der Waals surface area contributed by atoms with Crippen LogP contribution in [0.15, 0.2) is 30.5 Å². The Labute approximate surface area is 122 Å². The van der Waals surface area contributed by atoms with Gasteiger partial charge in [-0.05, 0) is 17.5 Å². The van der Waals surface area contributed by atoms with E-state index in [1.165, 1.54) is 22.4 Å². The fourth-order valence-corrected chi connectivity index (χ4v) is 2.43. The lowest BCUT2D eigenvalue weighted by Gasteiger charge is -2.12. The zero-order chi connectivity index (χ0) is 14.5. The van der Waals surface area contributed by atoms with E-state index in [1.54, 1.807) is 0 Å². The van der Waals surface area contributed by atoms with Crippen molar-refractivity contribution in [3.8, 4) is 11.1 Å². The molecule has 0 aliphatic heterocycles. The molecular weight excluding hydrogens is 246 g/mol. The van der Waals surface area contributed by atoms with Crippen molar-refractivity contribution >= 4 is 0 Å². The summed E-state index contributed by atoms with van der Waals surface area (Å²) < 4.78 is 1.92. The Balaban J connectivity index is 2.36. The minimum atomic E-state index is 0.493. The molecule has 0 fully saturated rings. The molecule has 1 heterocycles. The van der Waals surface area contributed by atoms with Gasteiger partial charge in [0.25, 0.3) is 0 Å². The van der Waals surface area contributed by atoms with Crippen molar-refractivity contribution in [2.24, 2.45) is 7.05 Å². The van der Waals surface area contributed by atoms with Gasteiger partial charge in [-0.3, -0.25) is 4.68 Å². The number of hydrogen-bond donors (Lipinski definition) is 1. The highest BCUT2D eigenvalue weighted by Gasteiger charge is 2.12. The lowest BCUT2D eigenvalue weighted by Crippen LogP contribution is -2.22. The minimum Gasteiger partial charge on any atom is -0.310 e. The number of benzene rings is 1. The number of hydrogen-bond acceptors (Lipinski definition) is 2. The largest absolute Gasteiger partial charge is 0.310 e. The van der Waals surface area contributed by atoms with Crippen molar-refractivity contribution in [1.29, 1.82) is 0 Å². The van der Waals surface area contributed by atoms with Crippen LogP contribution in [0, 0.1) is 0 Å². The summed E-state index contributed by atoms with van der Waals surface area (Å²) in [6, 6.07) is 9.11. The molecular formula is C17H25N3. The number of nitrogens with zero attached hydrogens (tertiary/aromatic N) is 2. The van der Waals surface area contributed by atoms with Crippen molar-refractivity contribution in [2.75, 3.05) is 0 Å². The molecule has 0 aliphatic rings. The van der Waals surface area contributed by atoms with E-state index in [9.17, 15) is 0 Å². The number of nitrogens with one attached hydrogen (secondary N) is 1. The van der Waals surface area contributed by atoms with Gasteiger partial charge in [0.05, 0.1) is 5.69 Å². The second kappa shape index (κ2) is 6.71. The van der Waals surface area contributed by atoms with Crippen molar-refractivity contribution in [3.05, 3.63) is 41.7 Å². The molecule has 3 heteroatoms. The van der Waals surface area contributed by atoms with Gasteiger partial charge in [0.2, 0.25) is 0 Å². The molecule has 3 nitrogen and oxygen atoms in total. The first-order valence-electron chi connectivity index (χ1n) is 7.46. The van der Waals surface area contributed by atoms with Gasteiger partial charge in [-0.15, -0.1) is 0 Å². The summed E-state index contributed by atoms with van der Waals surface area (Å²) in [4.78, 5) is 0. The Morgan fingerprint density at radius 3 is 2.65 bits per heavy atom. The lowest BCUT2D eigenvalue weighted by atomic mass is 9.98. The van der Waals surface area contributed by atoms with E-state index < -0.39 is 0 Å². The topological polar surface area (TPSA) is 29.9 Å². The van der Waals surface area contributed by atoms with Crippen LogP contribution in [0.2, 0.25) is 0 Å². The third-order valence-corrected chi connectivity index (χ3v) is 3.40. The molecule has 0 spiro atoms. The molecule has 0 aliphatic carbocycles. The Bertz CT molecular complexity index is 555. The molecule has 0 atom stereocenters. The van der Waals surface area contributed by atoms with Gasteiger partial charge in [-0.2, -0.15) is 5.10 Å². The predicted molar refractivity (Wildman–Crippen MR) is 84.6 cm³/mol. The summed E-state index contributed by atoms with van der Waals surface area (Å²) in [5.74, 6) is 0. The Kier molecular flexibility index (Phi) is 4.96. The van der Waals surface area contributed by atoms with Crippen LogP contribution < -0.4 is 5.32 Å². The van der Waals surface area contributed by atoms with Crippen LogP contribution in [0.25, 0.3) is 11.1 Å². The molecule has 20 heavy (non-hydrogen) atoms. The molecule has 108 valence electrons. The molecule has 2 aromatic rings. The van der Waals surface area contributed by atoms with Gasteiger partial charge >= 0.3 is 0 Å². The molecule has 0 saturated heterocycles. The molecule has 1 N–H and O–H groups in total. The normalized spacial score (nSPS) is 11.2. The monoisotopic (exact) mass is 271 g/mol. The molecule has 0 unspecified atom stereocenters. The van der Waals surface area contributed by atoms with E-state index in [4.69, 9.17) is 0 Å². The molecule has 2 rings (SSSR count). The molecule has 0 bridgehead atoms. The molecule has 0 radical (unpaired) electrons.